The molecular formula is C22H34N6O. The molecule has 1 aromatic heterocycles. The molecule has 2 aromatic rings. The normalized spacial score (nSPS) is 17.3. The number of hydrogen-bond donors (Lipinski definition) is 2. The molecular weight excluding hydrogens is 364 g/mol. The van der Waals surface area contributed by atoms with Crippen LogP contribution < -0.4 is 10.6 Å². The van der Waals surface area contributed by atoms with Crippen LogP contribution in [0.1, 0.15) is 31.4 Å². The third-order valence-electron chi connectivity index (χ3n) is 5.59. The summed E-state index contributed by atoms with van der Waals surface area (Å²) in [7, 11) is 3.60. The van der Waals surface area contributed by atoms with Crippen molar-refractivity contribution in [3.8, 4) is 5.69 Å². The Balaban J connectivity index is 1.47. The minimum absolute atomic E-state index is 0.146. The summed E-state index contributed by atoms with van der Waals surface area (Å²) in [6.07, 6.45) is 6.19. The Bertz CT molecular complexity index is 752. The lowest BCUT2D eigenvalue weighted by molar-refractivity contribution is 0.121. The number of hydrogen-bond acceptors (Lipinski definition) is 4. The van der Waals surface area contributed by atoms with Crippen molar-refractivity contribution in [3.63, 3.8) is 0 Å². The van der Waals surface area contributed by atoms with Gasteiger partial charge in [0.1, 0.15) is 0 Å². The quantitative estimate of drug-likeness (QED) is 0.528. The summed E-state index contributed by atoms with van der Waals surface area (Å²) in [6.45, 7) is 7.27. The fraction of sp³-hybridized carbons (Fsp3) is 0.545. The van der Waals surface area contributed by atoms with E-state index in [0.29, 0.717) is 5.92 Å². The number of piperidine rings is 1. The number of methoxy groups -OCH3 is 1. The molecule has 3 rings (SSSR count). The van der Waals surface area contributed by atoms with Gasteiger partial charge in [-0.2, -0.15) is 5.10 Å². The van der Waals surface area contributed by atoms with Gasteiger partial charge in [0.15, 0.2) is 5.96 Å². The molecule has 158 valence electrons. The zero-order chi connectivity index (χ0) is 20.5. The maximum atomic E-state index is 5.18. The lowest BCUT2D eigenvalue weighted by Gasteiger charge is -2.32. The molecule has 2 heterocycles. The molecule has 29 heavy (non-hydrogen) atoms. The molecule has 1 fully saturated rings. The van der Waals surface area contributed by atoms with E-state index in [1.807, 2.05) is 24.0 Å². The number of guanidine groups is 1. The van der Waals surface area contributed by atoms with Crippen LogP contribution in [0.3, 0.4) is 0 Å². The highest BCUT2D eigenvalue weighted by Gasteiger charge is 2.19. The van der Waals surface area contributed by atoms with Crippen molar-refractivity contribution in [1.82, 2.24) is 25.3 Å². The standard InChI is InChI=1S/C22H34N6O/c1-18(20-6-4-7-21(16-20)28-11-5-10-25-28)26-22(23-2)24-17-19-8-12-27(13-9-19)14-15-29-3/h4-7,10-11,16,18-19H,8-9,12-15,17H2,1-3H3,(H2,23,24,26). The van der Waals surface area contributed by atoms with Crippen LogP contribution in [-0.4, -0.2) is 67.6 Å². The van der Waals surface area contributed by atoms with Crippen LogP contribution in [0.4, 0.5) is 0 Å². The van der Waals surface area contributed by atoms with Gasteiger partial charge in [-0.3, -0.25) is 4.99 Å². The minimum Gasteiger partial charge on any atom is -0.383 e. The van der Waals surface area contributed by atoms with Gasteiger partial charge in [-0.1, -0.05) is 12.1 Å². The molecule has 1 aliphatic rings. The molecule has 1 saturated heterocycles. The SMILES string of the molecule is CN=C(NCC1CCN(CCOC)CC1)NC(C)c1cccc(-n2cccn2)c1. The maximum absolute atomic E-state index is 5.18. The fourth-order valence-corrected chi connectivity index (χ4v) is 3.72. The smallest absolute Gasteiger partial charge is 0.191 e. The second-order valence-corrected chi connectivity index (χ2v) is 7.64. The van der Waals surface area contributed by atoms with Gasteiger partial charge in [0.05, 0.1) is 18.3 Å². The number of benzene rings is 1. The third-order valence-corrected chi connectivity index (χ3v) is 5.59. The van der Waals surface area contributed by atoms with E-state index in [0.717, 1.165) is 44.4 Å². The van der Waals surface area contributed by atoms with Crippen LogP contribution in [0.5, 0.6) is 0 Å². The third kappa shape index (κ3) is 6.30. The Morgan fingerprint density at radius 1 is 1.31 bits per heavy atom. The van der Waals surface area contributed by atoms with E-state index in [1.165, 1.54) is 18.4 Å². The topological polar surface area (TPSA) is 66.7 Å². The number of rotatable bonds is 8. The highest BCUT2D eigenvalue weighted by atomic mass is 16.5. The minimum atomic E-state index is 0.146. The van der Waals surface area contributed by atoms with E-state index in [-0.39, 0.29) is 6.04 Å². The van der Waals surface area contributed by atoms with Crippen LogP contribution in [0, 0.1) is 5.92 Å². The van der Waals surface area contributed by atoms with Crippen molar-refractivity contribution in [2.45, 2.75) is 25.8 Å². The van der Waals surface area contributed by atoms with Crippen molar-refractivity contribution in [3.05, 3.63) is 48.3 Å². The first-order chi connectivity index (χ1) is 14.2. The largest absolute Gasteiger partial charge is 0.383 e. The first-order valence-electron chi connectivity index (χ1n) is 10.5. The molecule has 0 bridgehead atoms. The molecule has 0 spiro atoms. The van der Waals surface area contributed by atoms with Gasteiger partial charge in [0, 0.05) is 39.6 Å². The lowest BCUT2D eigenvalue weighted by atomic mass is 9.97. The lowest BCUT2D eigenvalue weighted by Crippen LogP contribution is -2.43. The van der Waals surface area contributed by atoms with Crippen molar-refractivity contribution in [2.24, 2.45) is 10.9 Å². The highest BCUT2D eigenvalue weighted by molar-refractivity contribution is 5.80. The molecule has 0 radical (unpaired) electrons. The number of aliphatic imine (C=N–C) groups is 1. The first kappa shape index (κ1) is 21.3. The van der Waals surface area contributed by atoms with E-state index in [9.17, 15) is 0 Å². The predicted molar refractivity (Wildman–Crippen MR) is 118 cm³/mol. The zero-order valence-corrected chi connectivity index (χ0v) is 17.8. The van der Waals surface area contributed by atoms with Gasteiger partial charge < -0.3 is 20.3 Å². The Labute approximate surface area is 174 Å². The fourth-order valence-electron chi connectivity index (χ4n) is 3.72. The molecule has 1 aliphatic heterocycles. The van der Waals surface area contributed by atoms with Crippen molar-refractivity contribution >= 4 is 5.96 Å². The van der Waals surface area contributed by atoms with Crippen LogP contribution in [0.25, 0.3) is 5.69 Å². The van der Waals surface area contributed by atoms with Crippen LogP contribution in [-0.2, 0) is 4.74 Å². The van der Waals surface area contributed by atoms with Gasteiger partial charge in [-0.05, 0) is 62.5 Å². The van der Waals surface area contributed by atoms with E-state index in [4.69, 9.17) is 4.74 Å². The Hall–Kier alpha value is -2.38. The summed E-state index contributed by atoms with van der Waals surface area (Å²) in [5, 5.41) is 11.3. The number of nitrogens with one attached hydrogen (secondary N) is 2. The zero-order valence-electron chi connectivity index (χ0n) is 17.8. The van der Waals surface area contributed by atoms with Crippen molar-refractivity contribution in [2.75, 3.05) is 46.9 Å². The second kappa shape index (κ2) is 11.0. The Morgan fingerprint density at radius 3 is 2.83 bits per heavy atom. The highest BCUT2D eigenvalue weighted by Crippen LogP contribution is 2.18. The molecule has 1 atom stereocenters. The van der Waals surface area contributed by atoms with Crippen LogP contribution >= 0.6 is 0 Å². The van der Waals surface area contributed by atoms with Gasteiger partial charge in [-0.25, -0.2) is 4.68 Å². The molecule has 0 saturated carbocycles. The number of likely N-dealkylation sites (tertiary alicyclic amines) is 1. The van der Waals surface area contributed by atoms with Crippen molar-refractivity contribution < 1.29 is 4.74 Å². The Kier molecular flexibility index (Phi) is 8.07. The van der Waals surface area contributed by atoms with Crippen LogP contribution in [0.15, 0.2) is 47.7 Å². The van der Waals surface area contributed by atoms with E-state index < -0.39 is 0 Å². The monoisotopic (exact) mass is 398 g/mol. The Morgan fingerprint density at radius 2 is 2.14 bits per heavy atom. The number of nitrogens with zero attached hydrogens (tertiary/aromatic N) is 4. The molecule has 7 nitrogen and oxygen atoms in total. The summed E-state index contributed by atoms with van der Waals surface area (Å²) in [5.74, 6) is 1.54. The van der Waals surface area contributed by atoms with Gasteiger partial charge >= 0.3 is 0 Å². The van der Waals surface area contributed by atoms with Gasteiger partial charge in [0.25, 0.3) is 0 Å². The van der Waals surface area contributed by atoms with E-state index in [1.54, 1.807) is 13.3 Å². The average Bonchev–Trinajstić information content (AvgIpc) is 3.31. The molecule has 1 aromatic carbocycles. The summed E-state index contributed by atoms with van der Waals surface area (Å²) in [5.41, 5.74) is 2.26. The molecule has 1 unspecified atom stereocenters. The van der Waals surface area contributed by atoms with Gasteiger partial charge in [-0.15, -0.1) is 0 Å². The molecule has 7 heteroatoms. The first-order valence-corrected chi connectivity index (χ1v) is 10.5. The predicted octanol–water partition coefficient (Wildman–Crippen LogP) is 2.46. The second-order valence-electron chi connectivity index (χ2n) is 7.64. The van der Waals surface area contributed by atoms with Gasteiger partial charge in [0.2, 0.25) is 0 Å². The summed E-state index contributed by atoms with van der Waals surface area (Å²) >= 11 is 0. The molecule has 0 amide bonds. The number of aromatic nitrogens is 2. The summed E-state index contributed by atoms with van der Waals surface area (Å²) in [4.78, 5) is 6.90. The maximum Gasteiger partial charge on any atom is 0.191 e. The van der Waals surface area contributed by atoms with Crippen LogP contribution in [0.2, 0.25) is 0 Å². The van der Waals surface area contributed by atoms with E-state index in [2.05, 4.69) is 56.8 Å². The summed E-state index contributed by atoms with van der Waals surface area (Å²) < 4.78 is 7.06. The molecule has 2 N–H and O–H groups in total. The number of ether oxygens (including phenoxy) is 1. The van der Waals surface area contributed by atoms with Crippen molar-refractivity contribution in [1.29, 1.82) is 0 Å². The molecule has 0 aliphatic carbocycles. The summed E-state index contributed by atoms with van der Waals surface area (Å²) in [6, 6.07) is 10.5. The van der Waals surface area contributed by atoms with E-state index >= 15 is 0 Å². The average molecular weight is 399 g/mol.